The number of hydrogen-bond donors (Lipinski definition) is 2. The first-order chi connectivity index (χ1) is 16.0. The molecule has 34 heavy (non-hydrogen) atoms. The number of morpholine rings is 1. The Kier molecular flexibility index (Phi) is 8.48. The van der Waals surface area contributed by atoms with Gasteiger partial charge in [-0.3, -0.25) is 0 Å². The van der Waals surface area contributed by atoms with Crippen LogP contribution in [-0.2, 0) is 20.3 Å². The number of hydrogen-bond acceptors (Lipinski definition) is 7. The predicted octanol–water partition coefficient (Wildman–Crippen LogP) is 3.47. The Morgan fingerprint density at radius 2 is 1.88 bits per heavy atom. The van der Waals surface area contributed by atoms with Gasteiger partial charge in [0.15, 0.2) is 15.7 Å². The maximum absolute atomic E-state index is 12.6. The molecule has 9 nitrogen and oxygen atoms in total. The summed E-state index contributed by atoms with van der Waals surface area (Å²) >= 11 is 0. The second-order valence-corrected chi connectivity index (χ2v) is 11.9. The fourth-order valence-electron chi connectivity index (χ4n) is 3.45. The predicted molar refractivity (Wildman–Crippen MR) is 135 cm³/mol. The van der Waals surface area contributed by atoms with E-state index in [-0.39, 0.29) is 17.8 Å². The van der Waals surface area contributed by atoms with E-state index in [1.54, 1.807) is 32.0 Å². The Hall–Kier alpha value is -2.72. The van der Waals surface area contributed by atoms with Gasteiger partial charge in [0.05, 0.1) is 36.0 Å². The molecule has 2 heterocycles. The summed E-state index contributed by atoms with van der Waals surface area (Å²) in [6, 6.07) is 8.82. The van der Waals surface area contributed by atoms with E-state index in [4.69, 9.17) is 9.72 Å². The van der Waals surface area contributed by atoms with Crippen molar-refractivity contribution >= 4 is 27.4 Å². The number of ether oxygens (including phenoxy) is 1. The highest BCUT2D eigenvalue weighted by Gasteiger charge is 2.24. The van der Waals surface area contributed by atoms with Gasteiger partial charge in [0, 0.05) is 30.4 Å². The molecule has 2 N–H and O–H groups in total. The molecule has 1 aromatic carbocycles. The van der Waals surface area contributed by atoms with Gasteiger partial charge < -0.3 is 20.3 Å². The normalized spacial score (nSPS) is 16.7. The molecule has 10 heteroatoms. The Labute approximate surface area is 202 Å². The Morgan fingerprint density at radius 1 is 1.18 bits per heavy atom. The number of rotatable bonds is 8. The van der Waals surface area contributed by atoms with Crippen molar-refractivity contribution in [3.8, 4) is 11.4 Å². The number of carbonyl (C=O) groups is 1. The zero-order valence-corrected chi connectivity index (χ0v) is 21.4. The summed E-state index contributed by atoms with van der Waals surface area (Å²) in [7, 11) is -3.33. The second kappa shape index (κ2) is 11.1. The standard InChI is InChI=1S/C24H35N5O4S/c1-16(2)13-25-24(30)27-20-8-6-19(7-9-20)23-26-21(15-34(31,32)17(3)4)12-22(28-23)29-10-11-33-14-18(29)5/h6-9,12,16-18H,10-11,13-15H2,1-5H3,(H2,25,27,30)/t18-/m0/s1. The summed E-state index contributed by atoms with van der Waals surface area (Å²) < 4.78 is 30.7. The lowest BCUT2D eigenvalue weighted by atomic mass is 10.2. The van der Waals surface area contributed by atoms with Gasteiger partial charge in [0.1, 0.15) is 5.82 Å². The molecular weight excluding hydrogens is 454 g/mol. The molecule has 0 aliphatic carbocycles. The van der Waals surface area contributed by atoms with E-state index in [2.05, 4.69) is 27.4 Å². The molecule has 3 rings (SSSR count). The first-order valence-electron chi connectivity index (χ1n) is 11.6. The molecule has 1 saturated heterocycles. The van der Waals surface area contributed by atoms with E-state index in [1.807, 2.05) is 26.0 Å². The van der Waals surface area contributed by atoms with Gasteiger partial charge in [-0.1, -0.05) is 13.8 Å². The van der Waals surface area contributed by atoms with Crippen molar-refractivity contribution in [2.24, 2.45) is 5.92 Å². The number of aromatic nitrogens is 2. The van der Waals surface area contributed by atoms with Crippen LogP contribution in [0, 0.1) is 5.92 Å². The molecule has 0 saturated carbocycles. The van der Waals surface area contributed by atoms with Gasteiger partial charge in [-0.25, -0.2) is 23.2 Å². The minimum Gasteiger partial charge on any atom is -0.377 e. The minimum absolute atomic E-state index is 0.113. The zero-order valence-electron chi connectivity index (χ0n) is 20.5. The molecule has 2 aromatic rings. The fourth-order valence-corrected chi connectivity index (χ4v) is 4.34. The molecule has 1 aliphatic rings. The summed E-state index contributed by atoms with van der Waals surface area (Å²) in [6.45, 7) is 11.9. The average molecular weight is 490 g/mol. The van der Waals surface area contributed by atoms with Crippen LogP contribution < -0.4 is 15.5 Å². The maximum Gasteiger partial charge on any atom is 0.319 e. The van der Waals surface area contributed by atoms with Gasteiger partial charge >= 0.3 is 6.03 Å². The highest BCUT2D eigenvalue weighted by atomic mass is 32.2. The highest BCUT2D eigenvalue weighted by Crippen LogP contribution is 2.25. The van der Waals surface area contributed by atoms with Crippen LogP contribution >= 0.6 is 0 Å². The monoisotopic (exact) mass is 489 g/mol. The first kappa shape index (κ1) is 25.9. The third-order valence-electron chi connectivity index (χ3n) is 5.57. The molecule has 0 radical (unpaired) electrons. The van der Waals surface area contributed by atoms with Crippen LogP contribution in [0.1, 0.15) is 40.3 Å². The topological polar surface area (TPSA) is 114 Å². The highest BCUT2D eigenvalue weighted by molar-refractivity contribution is 7.91. The summed E-state index contributed by atoms with van der Waals surface area (Å²) in [4.78, 5) is 23.5. The van der Waals surface area contributed by atoms with Crippen LogP contribution in [0.4, 0.5) is 16.3 Å². The number of benzene rings is 1. The van der Waals surface area contributed by atoms with Crippen LogP contribution in [0.3, 0.4) is 0 Å². The molecule has 1 aromatic heterocycles. The fraction of sp³-hybridized carbons (Fsp3) is 0.542. The molecule has 1 fully saturated rings. The quantitative estimate of drug-likeness (QED) is 0.584. The van der Waals surface area contributed by atoms with Crippen LogP contribution in [0.5, 0.6) is 0 Å². The van der Waals surface area contributed by atoms with Crippen LogP contribution in [0.2, 0.25) is 0 Å². The summed E-state index contributed by atoms with van der Waals surface area (Å²) in [6.07, 6.45) is 0. The maximum atomic E-state index is 12.6. The minimum atomic E-state index is -3.33. The molecule has 186 valence electrons. The Balaban J connectivity index is 1.89. The number of sulfone groups is 1. The lowest BCUT2D eigenvalue weighted by Gasteiger charge is -2.34. The van der Waals surface area contributed by atoms with Crippen molar-refractivity contribution in [3.63, 3.8) is 0 Å². The van der Waals surface area contributed by atoms with Crippen LogP contribution in [-0.4, -0.2) is 62.0 Å². The largest absolute Gasteiger partial charge is 0.377 e. The van der Waals surface area contributed by atoms with E-state index >= 15 is 0 Å². The van der Waals surface area contributed by atoms with Crippen molar-refractivity contribution in [2.45, 2.75) is 51.7 Å². The Morgan fingerprint density at radius 3 is 2.50 bits per heavy atom. The molecular formula is C24H35N5O4S. The van der Waals surface area contributed by atoms with E-state index in [0.29, 0.717) is 55.2 Å². The van der Waals surface area contributed by atoms with Gasteiger partial charge in [-0.15, -0.1) is 0 Å². The molecule has 1 atom stereocenters. The summed E-state index contributed by atoms with van der Waals surface area (Å²) in [5, 5.41) is 5.13. The van der Waals surface area contributed by atoms with E-state index < -0.39 is 15.1 Å². The van der Waals surface area contributed by atoms with Crippen molar-refractivity contribution in [1.29, 1.82) is 0 Å². The zero-order chi connectivity index (χ0) is 24.9. The van der Waals surface area contributed by atoms with Crippen molar-refractivity contribution in [1.82, 2.24) is 15.3 Å². The van der Waals surface area contributed by atoms with Crippen molar-refractivity contribution in [3.05, 3.63) is 36.0 Å². The lowest BCUT2D eigenvalue weighted by Crippen LogP contribution is -2.44. The summed E-state index contributed by atoms with van der Waals surface area (Å²) in [5.41, 5.74) is 1.84. The molecule has 2 amide bonds. The summed E-state index contributed by atoms with van der Waals surface area (Å²) in [5.74, 6) is 1.34. The van der Waals surface area contributed by atoms with Crippen LogP contribution in [0.25, 0.3) is 11.4 Å². The van der Waals surface area contributed by atoms with E-state index in [9.17, 15) is 13.2 Å². The van der Waals surface area contributed by atoms with Gasteiger partial charge in [0.2, 0.25) is 0 Å². The molecule has 1 aliphatic heterocycles. The molecule has 0 unspecified atom stereocenters. The number of nitrogens with zero attached hydrogens (tertiary/aromatic N) is 3. The Bertz CT molecular complexity index is 1090. The molecule has 0 bridgehead atoms. The lowest BCUT2D eigenvalue weighted by molar-refractivity contribution is 0.0985. The number of urea groups is 1. The first-order valence-corrected chi connectivity index (χ1v) is 13.4. The van der Waals surface area contributed by atoms with E-state index in [1.165, 1.54) is 0 Å². The van der Waals surface area contributed by atoms with E-state index in [0.717, 1.165) is 5.56 Å². The van der Waals surface area contributed by atoms with Crippen molar-refractivity contribution < 1.29 is 17.9 Å². The SMILES string of the molecule is CC(C)CNC(=O)Nc1ccc(-c2nc(CS(=O)(=O)C(C)C)cc(N3CCOC[C@@H]3C)n2)cc1. The third kappa shape index (κ3) is 6.89. The average Bonchev–Trinajstić information content (AvgIpc) is 2.78. The van der Waals surface area contributed by atoms with Gasteiger partial charge in [-0.05, 0) is 51.0 Å². The molecule has 0 spiro atoms. The number of carbonyl (C=O) groups excluding carboxylic acids is 1. The van der Waals surface area contributed by atoms with Gasteiger partial charge in [-0.2, -0.15) is 0 Å². The smallest absolute Gasteiger partial charge is 0.319 e. The second-order valence-electron chi connectivity index (χ2n) is 9.32. The number of nitrogens with one attached hydrogen (secondary N) is 2. The number of amides is 2. The van der Waals surface area contributed by atoms with Gasteiger partial charge in [0.25, 0.3) is 0 Å². The number of anilines is 2. The van der Waals surface area contributed by atoms with Crippen molar-refractivity contribution in [2.75, 3.05) is 36.5 Å². The van der Waals surface area contributed by atoms with Crippen LogP contribution in [0.15, 0.2) is 30.3 Å². The third-order valence-corrected chi connectivity index (χ3v) is 7.70.